The number of carbonyl (C=O) groups excluding carboxylic acids is 3. The largest absolute Gasteiger partial charge is 0.462 e. The Bertz CT molecular complexity index is 1250. The van der Waals surface area contributed by atoms with Gasteiger partial charge in [-0.25, -0.2) is 0 Å². The molecule has 83 heavy (non-hydrogen) atoms. The first-order chi connectivity index (χ1) is 41.0. The predicted octanol–water partition coefficient (Wildman–Crippen LogP) is 26.6. The minimum absolute atomic E-state index is 0.0611. The summed E-state index contributed by atoms with van der Waals surface area (Å²) < 4.78 is 16.9. The number of esters is 3. The topological polar surface area (TPSA) is 78.9 Å². The van der Waals surface area contributed by atoms with Gasteiger partial charge in [0, 0.05) is 19.3 Å². The monoisotopic (exact) mass is 1170 g/mol. The van der Waals surface area contributed by atoms with Gasteiger partial charge in [-0.1, -0.05) is 419 Å². The maximum atomic E-state index is 12.9. The van der Waals surface area contributed by atoms with Crippen molar-refractivity contribution in [1.82, 2.24) is 0 Å². The van der Waals surface area contributed by atoms with Gasteiger partial charge < -0.3 is 14.2 Å². The molecule has 1 unspecified atom stereocenters. The molecule has 0 aromatic heterocycles. The molecule has 0 saturated heterocycles. The number of unbranched alkanes of at least 4 members (excludes halogenated alkanes) is 62. The van der Waals surface area contributed by atoms with E-state index >= 15 is 0 Å². The summed E-state index contributed by atoms with van der Waals surface area (Å²) in [6.07, 6.45) is 87.8. The number of carbonyl (C=O) groups is 3. The van der Waals surface area contributed by atoms with Gasteiger partial charge in [-0.2, -0.15) is 0 Å². The van der Waals surface area contributed by atoms with Crippen molar-refractivity contribution >= 4 is 17.9 Å². The molecule has 6 heteroatoms. The van der Waals surface area contributed by atoms with Crippen molar-refractivity contribution < 1.29 is 28.6 Å². The summed E-state index contributed by atoms with van der Waals surface area (Å²) in [5.41, 5.74) is 0. The van der Waals surface area contributed by atoms with Gasteiger partial charge in [-0.3, -0.25) is 14.4 Å². The second-order valence-electron chi connectivity index (χ2n) is 26.6. The van der Waals surface area contributed by atoms with Gasteiger partial charge in [0.05, 0.1) is 0 Å². The summed E-state index contributed by atoms with van der Waals surface area (Å²) in [6, 6.07) is 0. The number of hydrogen-bond acceptors (Lipinski definition) is 6. The molecule has 494 valence electrons. The Kier molecular flexibility index (Phi) is 71.5. The van der Waals surface area contributed by atoms with E-state index in [9.17, 15) is 14.4 Å². The molecule has 0 N–H and O–H groups in total. The smallest absolute Gasteiger partial charge is 0.306 e. The van der Waals surface area contributed by atoms with Crippen LogP contribution in [0.1, 0.15) is 457 Å². The highest BCUT2D eigenvalue weighted by Crippen LogP contribution is 2.20. The lowest BCUT2D eigenvalue weighted by molar-refractivity contribution is -0.167. The highest BCUT2D eigenvalue weighted by atomic mass is 16.6. The molecule has 0 heterocycles. The number of rotatable bonds is 73. The predicted molar refractivity (Wildman–Crippen MR) is 363 cm³/mol. The SMILES string of the molecule is CCCCCCCCCCCCCCCCCCCCCCCCCCCCCCCCC(=O)OCC(COC(=O)CCCCCCCCC)OC(=O)CCCCCCCCCCCCCCCCCCCCCCCCCCCCCC. The zero-order valence-corrected chi connectivity index (χ0v) is 57.0. The van der Waals surface area contributed by atoms with E-state index in [0.717, 1.165) is 57.8 Å². The van der Waals surface area contributed by atoms with Crippen LogP contribution in [0.5, 0.6) is 0 Å². The van der Waals surface area contributed by atoms with Gasteiger partial charge in [0.25, 0.3) is 0 Å². The second-order valence-corrected chi connectivity index (χ2v) is 26.6. The van der Waals surface area contributed by atoms with Crippen LogP contribution in [-0.4, -0.2) is 37.2 Å². The van der Waals surface area contributed by atoms with E-state index in [-0.39, 0.29) is 31.1 Å². The summed E-state index contributed by atoms with van der Waals surface area (Å²) >= 11 is 0. The van der Waals surface area contributed by atoms with E-state index in [1.807, 2.05) is 0 Å². The quantitative estimate of drug-likeness (QED) is 0.0343. The summed E-state index contributed by atoms with van der Waals surface area (Å²) in [7, 11) is 0. The third-order valence-corrected chi connectivity index (χ3v) is 18.1. The molecule has 0 amide bonds. The summed E-state index contributed by atoms with van der Waals surface area (Å²) in [6.45, 7) is 6.70. The molecule has 6 nitrogen and oxygen atoms in total. The number of hydrogen-bond donors (Lipinski definition) is 0. The Morgan fingerprint density at radius 1 is 0.193 bits per heavy atom. The van der Waals surface area contributed by atoms with Crippen LogP contribution in [0.3, 0.4) is 0 Å². The highest BCUT2D eigenvalue weighted by molar-refractivity contribution is 5.71. The van der Waals surface area contributed by atoms with Crippen molar-refractivity contribution in [3.63, 3.8) is 0 Å². The molecule has 0 aliphatic carbocycles. The van der Waals surface area contributed by atoms with Gasteiger partial charge in [-0.15, -0.1) is 0 Å². The maximum absolute atomic E-state index is 12.9. The molecule has 1 atom stereocenters. The van der Waals surface area contributed by atoms with E-state index in [0.29, 0.717) is 19.3 Å². The standard InChI is InChI=1S/C77H150O6/c1-4-7-10-13-16-18-20-22-24-26-28-30-32-34-36-38-39-41-42-44-46-48-50-52-54-56-58-61-64-67-70-76(79)82-73-74(72-81-75(78)69-66-63-60-15-12-9-6-3)83-77(80)71-68-65-62-59-57-55-53-51-49-47-45-43-40-37-35-33-31-29-27-25-23-21-19-17-14-11-8-5-2/h74H,4-73H2,1-3H3. The van der Waals surface area contributed by atoms with Gasteiger partial charge in [0.1, 0.15) is 13.2 Å². The normalized spacial score (nSPS) is 11.9. The van der Waals surface area contributed by atoms with Crippen LogP contribution >= 0.6 is 0 Å². The maximum Gasteiger partial charge on any atom is 0.306 e. The number of ether oxygens (including phenoxy) is 3. The molecule has 0 aliphatic rings. The van der Waals surface area contributed by atoms with Crippen LogP contribution in [0, 0.1) is 0 Å². The van der Waals surface area contributed by atoms with E-state index in [1.165, 1.54) is 360 Å². The fourth-order valence-corrected chi connectivity index (χ4v) is 12.3. The van der Waals surface area contributed by atoms with Crippen LogP contribution in [-0.2, 0) is 28.6 Å². The van der Waals surface area contributed by atoms with Crippen molar-refractivity contribution in [2.45, 2.75) is 463 Å². The lowest BCUT2D eigenvalue weighted by Gasteiger charge is -2.18. The molecule has 0 aromatic rings. The Morgan fingerprint density at radius 2 is 0.325 bits per heavy atom. The van der Waals surface area contributed by atoms with E-state index in [1.54, 1.807) is 0 Å². The van der Waals surface area contributed by atoms with Gasteiger partial charge >= 0.3 is 17.9 Å². The molecule has 0 spiro atoms. The zero-order chi connectivity index (χ0) is 59.9. The van der Waals surface area contributed by atoms with Crippen LogP contribution in [0.25, 0.3) is 0 Å². The van der Waals surface area contributed by atoms with Crippen LogP contribution in [0.15, 0.2) is 0 Å². The minimum atomic E-state index is -0.762. The van der Waals surface area contributed by atoms with Crippen LogP contribution in [0.2, 0.25) is 0 Å². The summed E-state index contributed by atoms with van der Waals surface area (Å²) in [5.74, 6) is -0.829. The van der Waals surface area contributed by atoms with Crippen molar-refractivity contribution in [3.05, 3.63) is 0 Å². The highest BCUT2D eigenvalue weighted by Gasteiger charge is 2.20. The second kappa shape index (κ2) is 72.9. The Balaban J connectivity index is 3.94. The lowest BCUT2D eigenvalue weighted by Crippen LogP contribution is -2.30. The Hall–Kier alpha value is -1.59. The fraction of sp³-hybridized carbons (Fsp3) is 0.961. The van der Waals surface area contributed by atoms with Crippen molar-refractivity contribution in [1.29, 1.82) is 0 Å². The average molecular weight is 1170 g/mol. The van der Waals surface area contributed by atoms with Crippen molar-refractivity contribution in [2.75, 3.05) is 13.2 Å². The molecule has 0 bridgehead atoms. The van der Waals surface area contributed by atoms with Crippen molar-refractivity contribution in [3.8, 4) is 0 Å². The molecule has 0 fully saturated rings. The van der Waals surface area contributed by atoms with Gasteiger partial charge in [0.2, 0.25) is 0 Å². The van der Waals surface area contributed by atoms with Gasteiger partial charge in [0.15, 0.2) is 6.10 Å². The summed E-state index contributed by atoms with van der Waals surface area (Å²) in [5, 5.41) is 0. The fourth-order valence-electron chi connectivity index (χ4n) is 12.3. The molecular weight excluding hydrogens is 1020 g/mol. The molecular formula is C77H150O6. The Morgan fingerprint density at radius 3 is 0.482 bits per heavy atom. The van der Waals surface area contributed by atoms with E-state index < -0.39 is 6.10 Å². The molecule has 0 aromatic carbocycles. The first-order valence-corrected chi connectivity index (χ1v) is 38.5. The molecule has 0 saturated carbocycles. The average Bonchev–Trinajstić information content (AvgIpc) is 3.49. The van der Waals surface area contributed by atoms with E-state index in [2.05, 4.69) is 20.8 Å². The van der Waals surface area contributed by atoms with Crippen LogP contribution in [0.4, 0.5) is 0 Å². The van der Waals surface area contributed by atoms with Crippen molar-refractivity contribution in [2.24, 2.45) is 0 Å². The van der Waals surface area contributed by atoms with E-state index in [4.69, 9.17) is 14.2 Å². The molecule has 0 radical (unpaired) electrons. The molecule has 0 rings (SSSR count). The molecule has 0 aliphatic heterocycles. The first kappa shape index (κ1) is 81.4. The summed E-state index contributed by atoms with van der Waals surface area (Å²) in [4.78, 5) is 38.2. The zero-order valence-electron chi connectivity index (χ0n) is 57.0. The van der Waals surface area contributed by atoms with Gasteiger partial charge in [-0.05, 0) is 19.3 Å². The Labute approximate surface area is 520 Å². The first-order valence-electron chi connectivity index (χ1n) is 38.5. The third kappa shape index (κ3) is 71.1. The minimum Gasteiger partial charge on any atom is -0.462 e. The van der Waals surface area contributed by atoms with Crippen LogP contribution < -0.4 is 0 Å². The third-order valence-electron chi connectivity index (χ3n) is 18.1. The lowest BCUT2D eigenvalue weighted by atomic mass is 10.0.